The number of carboxylic acids is 1. The van der Waals surface area contributed by atoms with Crippen LogP contribution in [0.3, 0.4) is 0 Å². The molecular weight excluding hydrogens is 451 g/mol. The summed E-state index contributed by atoms with van der Waals surface area (Å²) in [6.45, 7) is 3.19. The van der Waals surface area contributed by atoms with E-state index in [1.165, 1.54) is 32.4 Å². The van der Waals surface area contributed by atoms with Gasteiger partial charge in [-0.15, -0.1) is 0 Å². The molecule has 0 saturated heterocycles. The smallest absolute Gasteiger partial charge is 0.323 e. The topological polar surface area (TPSA) is 119 Å². The number of amides is 1. The quantitative estimate of drug-likeness (QED) is 0.426. The molecule has 11 heteroatoms. The van der Waals surface area contributed by atoms with E-state index >= 15 is 0 Å². The van der Waals surface area contributed by atoms with Crippen LogP contribution in [-0.2, 0) is 4.79 Å². The van der Waals surface area contributed by atoms with Crippen LogP contribution in [0.1, 0.15) is 35.7 Å². The van der Waals surface area contributed by atoms with Gasteiger partial charge in [-0.25, -0.2) is 0 Å². The lowest BCUT2D eigenvalue weighted by molar-refractivity contribution is -0.385. The monoisotopic (exact) mass is 470 g/mol. The number of nitrogens with zero attached hydrogens (tertiary/aromatic N) is 2. The lowest BCUT2D eigenvalue weighted by atomic mass is 10.0. The second kappa shape index (κ2) is 9.84. The highest BCUT2D eigenvalue weighted by atomic mass is 35.5. The van der Waals surface area contributed by atoms with Crippen molar-refractivity contribution in [2.24, 2.45) is 0 Å². The van der Waals surface area contributed by atoms with Crippen LogP contribution in [0.4, 0.5) is 5.69 Å². The fraction of sp³-hybridized carbons (Fsp3) is 0.300. The van der Waals surface area contributed by atoms with Gasteiger partial charge < -0.3 is 19.5 Å². The minimum Gasteiger partial charge on any atom is -0.490 e. The minimum absolute atomic E-state index is 0.00468. The van der Waals surface area contributed by atoms with E-state index in [0.29, 0.717) is 5.56 Å². The van der Waals surface area contributed by atoms with Crippen molar-refractivity contribution in [2.75, 3.05) is 20.7 Å². The van der Waals surface area contributed by atoms with Gasteiger partial charge in [-0.05, 0) is 24.1 Å². The standard InChI is InChI=1S/C20H20Cl2N2O7/c1-10(2)13-7-12(8-16(24(28)29)18(13)30-4)31-19-14(21)5-11(6-15(19)22)20(27)23(3)9-17(25)26/h5-8,10H,9H2,1-4H3,(H,25,26). The van der Waals surface area contributed by atoms with Crippen LogP contribution >= 0.6 is 23.2 Å². The van der Waals surface area contributed by atoms with Crippen LogP contribution in [0.15, 0.2) is 24.3 Å². The van der Waals surface area contributed by atoms with Crippen molar-refractivity contribution in [3.63, 3.8) is 0 Å². The molecule has 0 heterocycles. The molecular formula is C20H20Cl2N2O7. The third-order valence-electron chi connectivity index (χ3n) is 4.28. The SMILES string of the molecule is COc1c(C(C)C)cc(Oc2c(Cl)cc(C(=O)N(C)CC(=O)O)cc2Cl)cc1[N+](=O)[O-]. The molecule has 1 amide bonds. The Labute approximate surface area is 188 Å². The van der Waals surface area contributed by atoms with Crippen molar-refractivity contribution in [1.82, 2.24) is 4.90 Å². The van der Waals surface area contributed by atoms with Crippen molar-refractivity contribution >= 4 is 40.8 Å². The number of methoxy groups -OCH3 is 1. The van der Waals surface area contributed by atoms with Gasteiger partial charge in [0, 0.05) is 18.2 Å². The zero-order valence-corrected chi connectivity index (χ0v) is 18.7. The number of carbonyl (C=O) groups is 2. The van der Waals surface area contributed by atoms with Crippen molar-refractivity contribution in [3.8, 4) is 17.2 Å². The van der Waals surface area contributed by atoms with Gasteiger partial charge in [0.05, 0.1) is 28.1 Å². The first-order chi connectivity index (χ1) is 14.5. The fourth-order valence-electron chi connectivity index (χ4n) is 2.85. The first-order valence-electron chi connectivity index (χ1n) is 8.96. The Morgan fingerprint density at radius 3 is 2.19 bits per heavy atom. The third kappa shape index (κ3) is 5.56. The predicted molar refractivity (Wildman–Crippen MR) is 115 cm³/mol. The normalized spacial score (nSPS) is 10.7. The number of aliphatic carboxylic acids is 1. The largest absolute Gasteiger partial charge is 0.490 e. The zero-order chi connectivity index (χ0) is 23.5. The summed E-state index contributed by atoms with van der Waals surface area (Å²) in [6, 6.07) is 5.34. The summed E-state index contributed by atoms with van der Waals surface area (Å²) in [5, 5.41) is 20.3. The highest BCUT2D eigenvalue weighted by Crippen LogP contribution is 2.43. The molecule has 9 nitrogen and oxygen atoms in total. The molecule has 31 heavy (non-hydrogen) atoms. The molecule has 2 aromatic rings. The molecule has 0 unspecified atom stereocenters. The average Bonchev–Trinajstić information content (AvgIpc) is 2.68. The minimum atomic E-state index is -1.17. The lowest BCUT2D eigenvalue weighted by Gasteiger charge is -2.17. The van der Waals surface area contributed by atoms with Crippen molar-refractivity contribution in [3.05, 3.63) is 55.6 Å². The van der Waals surface area contributed by atoms with E-state index in [0.717, 1.165) is 4.90 Å². The second-order valence-electron chi connectivity index (χ2n) is 6.90. The van der Waals surface area contributed by atoms with E-state index < -0.39 is 23.3 Å². The Bertz CT molecular complexity index is 1020. The summed E-state index contributed by atoms with van der Waals surface area (Å²) in [7, 11) is 2.67. The Hall–Kier alpha value is -3.04. The van der Waals surface area contributed by atoms with Gasteiger partial charge in [-0.2, -0.15) is 0 Å². The number of rotatable bonds is 8. The number of nitro groups is 1. The maximum absolute atomic E-state index is 12.4. The van der Waals surface area contributed by atoms with E-state index in [9.17, 15) is 19.7 Å². The van der Waals surface area contributed by atoms with E-state index in [1.807, 2.05) is 13.8 Å². The van der Waals surface area contributed by atoms with Crippen LogP contribution < -0.4 is 9.47 Å². The van der Waals surface area contributed by atoms with Gasteiger partial charge in [0.25, 0.3) is 5.91 Å². The molecule has 1 N–H and O–H groups in total. The molecule has 0 radical (unpaired) electrons. The summed E-state index contributed by atoms with van der Waals surface area (Å²) in [4.78, 5) is 35.1. The second-order valence-corrected chi connectivity index (χ2v) is 7.72. The van der Waals surface area contributed by atoms with Crippen LogP contribution in [-0.4, -0.2) is 47.5 Å². The fourth-order valence-corrected chi connectivity index (χ4v) is 3.41. The number of carbonyl (C=O) groups excluding carboxylic acids is 1. The molecule has 0 saturated carbocycles. The molecule has 0 aliphatic carbocycles. The Morgan fingerprint density at radius 2 is 1.74 bits per heavy atom. The number of ether oxygens (including phenoxy) is 2. The Balaban J connectivity index is 2.46. The Morgan fingerprint density at radius 1 is 1.16 bits per heavy atom. The molecule has 0 bridgehead atoms. The summed E-state index contributed by atoms with van der Waals surface area (Å²) in [5.41, 5.74) is 0.341. The molecule has 0 spiro atoms. The number of halogens is 2. The molecule has 0 aromatic heterocycles. The number of hydrogen-bond acceptors (Lipinski definition) is 6. The molecule has 0 fully saturated rings. The van der Waals surface area contributed by atoms with Gasteiger partial charge in [-0.1, -0.05) is 37.0 Å². The van der Waals surface area contributed by atoms with Crippen LogP contribution in [0, 0.1) is 10.1 Å². The average molecular weight is 471 g/mol. The van der Waals surface area contributed by atoms with Crippen LogP contribution in [0.25, 0.3) is 0 Å². The summed E-state index contributed by atoms with van der Waals surface area (Å²) in [5.74, 6) is -1.63. The van der Waals surface area contributed by atoms with E-state index in [2.05, 4.69) is 0 Å². The van der Waals surface area contributed by atoms with E-state index in [1.54, 1.807) is 6.07 Å². The first-order valence-corrected chi connectivity index (χ1v) is 9.72. The van der Waals surface area contributed by atoms with Crippen LogP contribution in [0.2, 0.25) is 10.0 Å². The number of nitro benzene ring substituents is 1. The van der Waals surface area contributed by atoms with E-state index in [4.69, 9.17) is 37.8 Å². The predicted octanol–water partition coefficient (Wildman–Crippen LogP) is 4.98. The van der Waals surface area contributed by atoms with Gasteiger partial charge in [0.15, 0.2) is 5.75 Å². The summed E-state index contributed by atoms with van der Waals surface area (Å²) < 4.78 is 10.9. The molecule has 2 rings (SSSR count). The third-order valence-corrected chi connectivity index (χ3v) is 4.84. The number of hydrogen-bond donors (Lipinski definition) is 1. The maximum Gasteiger partial charge on any atom is 0.323 e. The number of carboxylic acid groups (broad SMARTS) is 1. The molecule has 166 valence electrons. The Kier molecular flexibility index (Phi) is 7.70. The maximum atomic E-state index is 12.4. The number of benzene rings is 2. The van der Waals surface area contributed by atoms with Crippen LogP contribution in [0.5, 0.6) is 17.2 Å². The van der Waals surface area contributed by atoms with Gasteiger partial charge in [0.1, 0.15) is 12.3 Å². The van der Waals surface area contributed by atoms with Crippen molar-refractivity contribution < 1.29 is 29.1 Å². The zero-order valence-electron chi connectivity index (χ0n) is 17.1. The summed E-state index contributed by atoms with van der Waals surface area (Å²) in [6.07, 6.45) is 0. The first kappa shape index (κ1) is 24.2. The van der Waals surface area contributed by atoms with E-state index in [-0.39, 0.29) is 44.5 Å². The van der Waals surface area contributed by atoms with Crippen molar-refractivity contribution in [2.45, 2.75) is 19.8 Å². The molecule has 0 atom stereocenters. The highest BCUT2D eigenvalue weighted by Gasteiger charge is 2.24. The van der Waals surface area contributed by atoms with Gasteiger partial charge in [-0.3, -0.25) is 19.7 Å². The molecule has 0 aliphatic rings. The van der Waals surface area contributed by atoms with Gasteiger partial charge in [0.2, 0.25) is 5.75 Å². The summed E-state index contributed by atoms with van der Waals surface area (Å²) >= 11 is 12.5. The van der Waals surface area contributed by atoms with Gasteiger partial charge >= 0.3 is 11.7 Å². The highest BCUT2D eigenvalue weighted by molar-refractivity contribution is 6.37. The number of likely N-dealkylation sites (N-methyl/N-ethyl adjacent to an activating group) is 1. The molecule has 0 aliphatic heterocycles. The van der Waals surface area contributed by atoms with Crippen molar-refractivity contribution in [1.29, 1.82) is 0 Å². The molecule has 2 aromatic carbocycles. The lowest BCUT2D eigenvalue weighted by Crippen LogP contribution is -2.31.